The standard InChI is InChI=1S/C19H27N5O2/c1-13(14(2)20)19(25)24-11-9-23(10-12-24)15(3)18-21-17(22-26-18)16-7-5-4-6-8-16/h4-8,13-15H,9-12,20H2,1-3H3. The molecule has 0 radical (unpaired) electrons. The van der Waals surface area contributed by atoms with Gasteiger partial charge in [0.2, 0.25) is 17.6 Å². The van der Waals surface area contributed by atoms with Crippen LogP contribution in [0.2, 0.25) is 0 Å². The van der Waals surface area contributed by atoms with Crippen molar-refractivity contribution in [2.75, 3.05) is 26.2 Å². The molecule has 1 saturated heterocycles. The number of aromatic nitrogens is 2. The first-order chi connectivity index (χ1) is 12.5. The summed E-state index contributed by atoms with van der Waals surface area (Å²) in [6.07, 6.45) is 0. The van der Waals surface area contributed by atoms with Crippen molar-refractivity contribution in [3.05, 3.63) is 36.2 Å². The van der Waals surface area contributed by atoms with E-state index < -0.39 is 0 Å². The maximum absolute atomic E-state index is 12.4. The Balaban J connectivity index is 1.60. The largest absolute Gasteiger partial charge is 0.340 e. The van der Waals surface area contributed by atoms with Gasteiger partial charge in [0.1, 0.15) is 0 Å². The fourth-order valence-electron chi connectivity index (χ4n) is 3.11. The number of rotatable bonds is 5. The summed E-state index contributed by atoms with van der Waals surface area (Å²) in [5.74, 6) is 1.19. The number of hydrogen-bond acceptors (Lipinski definition) is 6. The minimum Gasteiger partial charge on any atom is -0.340 e. The van der Waals surface area contributed by atoms with Gasteiger partial charge in [-0.15, -0.1) is 0 Å². The van der Waals surface area contributed by atoms with Crippen LogP contribution in [0.1, 0.15) is 32.7 Å². The Bertz CT molecular complexity index is 723. The van der Waals surface area contributed by atoms with Gasteiger partial charge in [0, 0.05) is 37.8 Å². The molecular formula is C19H27N5O2. The van der Waals surface area contributed by atoms with Crippen molar-refractivity contribution in [1.82, 2.24) is 19.9 Å². The lowest BCUT2D eigenvalue weighted by Crippen LogP contribution is -2.52. The highest BCUT2D eigenvalue weighted by atomic mass is 16.5. The fourth-order valence-corrected chi connectivity index (χ4v) is 3.11. The summed E-state index contributed by atoms with van der Waals surface area (Å²) in [7, 11) is 0. The Kier molecular flexibility index (Phi) is 5.68. The molecule has 1 fully saturated rings. The number of hydrogen-bond donors (Lipinski definition) is 1. The van der Waals surface area contributed by atoms with Crippen molar-refractivity contribution >= 4 is 5.91 Å². The number of carbonyl (C=O) groups excluding carboxylic acids is 1. The third-order valence-corrected chi connectivity index (χ3v) is 5.18. The monoisotopic (exact) mass is 357 g/mol. The van der Waals surface area contributed by atoms with Gasteiger partial charge in [-0.3, -0.25) is 9.69 Å². The molecule has 1 aliphatic rings. The molecular weight excluding hydrogens is 330 g/mol. The second-order valence-electron chi connectivity index (χ2n) is 7.01. The molecule has 2 aromatic rings. The van der Waals surface area contributed by atoms with E-state index in [0.717, 1.165) is 18.7 Å². The first-order valence-electron chi connectivity index (χ1n) is 9.15. The molecule has 1 aromatic heterocycles. The van der Waals surface area contributed by atoms with Gasteiger partial charge < -0.3 is 15.2 Å². The summed E-state index contributed by atoms with van der Waals surface area (Å²) < 4.78 is 5.48. The Morgan fingerprint density at radius 3 is 2.38 bits per heavy atom. The molecule has 1 aliphatic heterocycles. The van der Waals surface area contributed by atoms with Crippen LogP contribution in [0.5, 0.6) is 0 Å². The van der Waals surface area contributed by atoms with Crippen molar-refractivity contribution in [2.45, 2.75) is 32.9 Å². The predicted octanol–water partition coefficient (Wildman–Crippen LogP) is 1.93. The fraction of sp³-hybridized carbons (Fsp3) is 0.526. The average Bonchev–Trinajstić information content (AvgIpc) is 3.17. The Morgan fingerprint density at radius 1 is 1.12 bits per heavy atom. The molecule has 0 aliphatic carbocycles. The van der Waals surface area contributed by atoms with Crippen LogP contribution >= 0.6 is 0 Å². The SMILES string of the molecule is CC(N)C(C)C(=O)N1CCN(C(C)c2nc(-c3ccccc3)no2)CC1. The van der Waals surface area contributed by atoms with Crippen LogP contribution in [-0.4, -0.2) is 58.1 Å². The molecule has 3 unspecified atom stereocenters. The average molecular weight is 357 g/mol. The second-order valence-corrected chi connectivity index (χ2v) is 7.01. The molecule has 3 atom stereocenters. The minimum absolute atomic E-state index is 0.0167. The lowest BCUT2D eigenvalue weighted by Gasteiger charge is -2.38. The van der Waals surface area contributed by atoms with Crippen molar-refractivity contribution in [2.24, 2.45) is 11.7 Å². The zero-order chi connectivity index (χ0) is 18.7. The van der Waals surface area contributed by atoms with Crippen molar-refractivity contribution in [3.63, 3.8) is 0 Å². The summed E-state index contributed by atoms with van der Waals surface area (Å²) in [4.78, 5) is 21.1. The normalized spacial score (nSPS) is 19.2. The van der Waals surface area contributed by atoms with E-state index in [1.165, 1.54) is 0 Å². The third kappa shape index (κ3) is 3.94. The number of nitrogens with two attached hydrogens (primary N) is 1. The van der Waals surface area contributed by atoms with Gasteiger partial charge in [0.15, 0.2) is 0 Å². The smallest absolute Gasteiger partial charge is 0.244 e. The topological polar surface area (TPSA) is 88.5 Å². The van der Waals surface area contributed by atoms with Crippen LogP contribution in [0.25, 0.3) is 11.4 Å². The minimum atomic E-state index is -0.150. The zero-order valence-electron chi connectivity index (χ0n) is 15.6. The molecule has 7 heteroatoms. The van der Waals surface area contributed by atoms with E-state index in [0.29, 0.717) is 24.8 Å². The molecule has 1 aromatic carbocycles. The second kappa shape index (κ2) is 7.97. The van der Waals surface area contributed by atoms with Gasteiger partial charge in [-0.25, -0.2) is 0 Å². The van der Waals surface area contributed by atoms with Gasteiger partial charge in [0.25, 0.3) is 0 Å². The van der Waals surface area contributed by atoms with E-state index in [2.05, 4.69) is 22.0 Å². The molecule has 1 amide bonds. The highest BCUT2D eigenvalue weighted by molar-refractivity contribution is 5.79. The molecule has 0 bridgehead atoms. The summed E-state index contributed by atoms with van der Waals surface area (Å²) in [6.45, 7) is 8.78. The van der Waals surface area contributed by atoms with Crippen LogP contribution in [0, 0.1) is 5.92 Å². The van der Waals surface area contributed by atoms with Crippen LogP contribution < -0.4 is 5.73 Å². The predicted molar refractivity (Wildman–Crippen MR) is 99.1 cm³/mol. The molecule has 140 valence electrons. The van der Waals surface area contributed by atoms with E-state index in [-0.39, 0.29) is 23.9 Å². The van der Waals surface area contributed by atoms with Crippen LogP contribution in [-0.2, 0) is 4.79 Å². The van der Waals surface area contributed by atoms with Crippen molar-refractivity contribution in [3.8, 4) is 11.4 Å². The van der Waals surface area contributed by atoms with Crippen molar-refractivity contribution in [1.29, 1.82) is 0 Å². The van der Waals surface area contributed by atoms with Crippen LogP contribution in [0.15, 0.2) is 34.9 Å². The number of benzene rings is 1. The zero-order valence-corrected chi connectivity index (χ0v) is 15.6. The maximum Gasteiger partial charge on any atom is 0.244 e. The highest BCUT2D eigenvalue weighted by Crippen LogP contribution is 2.23. The quantitative estimate of drug-likeness (QED) is 0.879. The van der Waals surface area contributed by atoms with E-state index >= 15 is 0 Å². The van der Waals surface area contributed by atoms with Crippen molar-refractivity contribution < 1.29 is 9.32 Å². The summed E-state index contributed by atoms with van der Waals surface area (Å²) >= 11 is 0. The third-order valence-electron chi connectivity index (χ3n) is 5.18. The summed E-state index contributed by atoms with van der Waals surface area (Å²) in [5.41, 5.74) is 6.80. The van der Waals surface area contributed by atoms with Gasteiger partial charge in [-0.2, -0.15) is 4.98 Å². The van der Waals surface area contributed by atoms with Gasteiger partial charge >= 0.3 is 0 Å². The molecule has 26 heavy (non-hydrogen) atoms. The van der Waals surface area contributed by atoms with Gasteiger partial charge in [-0.05, 0) is 13.8 Å². The van der Waals surface area contributed by atoms with E-state index in [4.69, 9.17) is 10.3 Å². The molecule has 7 nitrogen and oxygen atoms in total. The summed E-state index contributed by atoms with van der Waals surface area (Å²) in [5, 5.41) is 4.10. The first kappa shape index (κ1) is 18.5. The van der Waals surface area contributed by atoms with E-state index in [9.17, 15) is 4.79 Å². The molecule has 3 rings (SSSR count). The van der Waals surface area contributed by atoms with Gasteiger partial charge in [-0.1, -0.05) is 42.4 Å². The Morgan fingerprint density at radius 2 is 1.77 bits per heavy atom. The van der Waals surface area contributed by atoms with Gasteiger partial charge in [0.05, 0.1) is 12.0 Å². The lowest BCUT2D eigenvalue weighted by atomic mass is 10.0. The summed E-state index contributed by atoms with van der Waals surface area (Å²) in [6, 6.07) is 9.67. The molecule has 2 N–H and O–H groups in total. The Labute approximate surface area is 154 Å². The van der Waals surface area contributed by atoms with E-state index in [1.54, 1.807) is 0 Å². The number of amides is 1. The first-order valence-corrected chi connectivity index (χ1v) is 9.15. The van der Waals surface area contributed by atoms with Crippen LogP contribution in [0.4, 0.5) is 0 Å². The van der Waals surface area contributed by atoms with Crippen LogP contribution in [0.3, 0.4) is 0 Å². The molecule has 2 heterocycles. The number of nitrogens with zero attached hydrogens (tertiary/aromatic N) is 4. The lowest BCUT2D eigenvalue weighted by molar-refractivity contribution is -0.137. The Hall–Kier alpha value is -2.25. The number of piperazine rings is 1. The maximum atomic E-state index is 12.4. The van der Waals surface area contributed by atoms with E-state index in [1.807, 2.05) is 49.1 Å². The molecule has 0 saturated carbocycles. The number of carbonyl (C=O) groups is 1. The highest BCUT2D eigenvalue weighted by Gasteiger charge is 2.30. The molecule has 0 spiro atoms.